The van der Waals surface area contributed by atoms with Gasteiger partial charge in [-0.05, 0) is 38.7 Å². The Balaban J connectivity index is 2.63. The maximum Gasteiger partial charge on any atom is 0.122 e. The number of benzene rings is 1. The maximum atomic E-state index is 5.91. The lowest BCUT2D eigenvalue weighted by atomic mass is 10.1. The first-order chi connectivity index (χ1) is 8.54. The minimum atomic E-state index is 0.0708. The fraction of sp³-hybridized carbons (Fsp3) is 0.571. The van der Waals surface area contributed by atoms with Crippen molar-refractivity contribution in [3.8, 4) is 5.75 Å². The molecule has 0 heterocycles. The largest absolute Gasteiger partial charge is 0.496 e. The van der Waals surface area contributed by atoms with Crippen molar-refractivity contribution < 1.29 is 4.74 Å². The zero-order chi connectivity index (χ0) is 13.5. The van der Waals surface area contributed by atoms with Crippen molar-refractivity contribution in [3.05, 3.63) is 29.3 Å². The number of methoxy groups -OCH3 is 1. The highest BCUT2D eigenvalue weighted by Gasteiger charge is 2.07. The van der Waals surface area contributed by atoms with Gasteiger partial charge in [-0.2, -0.15) is 11.8 Å². The van der Waals surface area contributed by atoms with Crippen LogP contribution in [0.3, 0.4) is 0 Å². The number of hydrogen-bond donors (Lipinski definition) is 1. The molecule has 3 nitrogen and oxygen atoms in total. The molecule has 0 radical (unpaired) electrons. The van der Waals surface area contributed by atoms with Gasteiger partial charge in [0.25, 0.3) is 0 Å². The van der Waals surface area contributed by atoms with Gasteiger partial charge in [0.1, 0.15) is 5.75 Å². The van der Waals surface area contributed by atoms with E-state index in [1.165, 1.54) is 11.1 Å². The number of rotatable bonds is 7. The van der Waals surface area contributed by atoms with Crippen LogP contribution in [0.25, 0.3) is 0 Å². The van der Waals surface area contributed by atoms with E-state index in [-0.39, 0.29) is 6.04 Å². The van der Waals surface area contributed by atoms with Crippen LogP contribution in [0.4, 0.5) is 0 Å². The minimum Gasteiger partial charge on any atom is -0.496 e. The number of ether oxygens (including phenoxy) is 1. The quantitative estimate of drug-likeness (QED) is 0.771. The third-order valence-corrected chi connectivity index (χ3v) is 3.76. The zero-order valence-corrected chi connectivity index (χ0v) is 12.6. The highest BCUT2D eigenvalue weighted by Crippen LogP contribution is 2.26. The normalized spacial score (nSPS) is 12.8. The van der Waals surface area contributed by atoms with Crippen molar-refractivity contribution in [3.63, 3.8) is 0 Å². The van der Waals surface area contributed by atoms with Crippen LogP contribution in [0.15, 0.2) is 18.2 Å². The fourth-order valence-corrected chi connectivity index (χ4v) is 2.71. The predicted molar refractivity (Wildman–Crippen MR) is 80.3 cm³/mol. The summed E-state index contributed by atoms with van der Waals surface area (Å²) in [6.45, 7) is 3.10. The second kappa shape index (κ2) is 7.67. The second-order valence-corrected chi connectivity index (χ2v) is 5.82. The van der Waals surface area contributed by atoms with Crippen molar-refractivity contribution in [2.24, 2.45) is 5.73 Å². The molecule has 1 atom stereocenters. The lowest BCUT2D eigenvalue weighted by Crippen LogP contribution is -2.14. The molecule has 2 N–H and O–H groups in total. The van der Waals surface area contributed by atoms with E-state index in [1.54, 1.807) is 7.11 Å². The summed E-state index contributed by atoms with van der Waals surface area (Å²) in [5.74, 6) is 3.05. The number of thioether (sulfide) groups is 1. The molecule has 0 aliphatic carbocycles. The van der Waals surface area contributed by atoms with Gasteiger partial charge in [-0.1, -0.05) is 6.07 Å². The van der Waals surface area contributed by atoms with Crippen LogP contribution in [0.2, 0.25) is 0 Å². The molecule has 0 bridgehead atoms. The summed E-state index contributed by atoms with van der Waals surface area (Å²) < 4.78 is 5.39. The van der Waals surface area contributed by atoms with Crippen molar-refractivity contribution in [2.45, 2.75) is 18.7 Å². The molecule has 102 valence electrons. The Labute approximate surface area is 115 Å². The van der Waals surface area contributed by atoms with Gasteiger partial charge in [0.05, 0.1) is 7.11 Å². The van der Waals surface area contributed by atoms with E-state index in [2.05, 4.69) is 25.1 Å². The van der Waals surface area contributed by atoms with Crippen LogP contribution < -0.4 is 10.5 Å². The Kier molecular flexibility index (Phi) is 6.54. The van der Waals surface area contributed by atoms with E-state index < -0.39 is 0 Å². The topological polar surface area (TPSA) is 38.5 Å². The Morgan fingerprint density at radius 3 is 2.67 bits per heavy atom. The molecular formula is C14H24N2OS. The van der Waals surface area contributed by atoms with Gasteiger partial charge in [0.2, 0.25) is 0 Å². The monoisotopic (exact) mass is 268 g/mol. The van der Waals surface area contributed by atoms with Crippen LogP contribution in [0.1, 0.15) is 24.1 Å². The maximum absolute atomic E-state index is 5.91. The van der Waals surface area contributed by atoms with Crippen molar-refractivity contribution in [1.29, 1.82) is 0 Å². The number of nitrogens with zero attached hydrogens (tertiary/aromatic N) is 1. The first-order valence-corrected chi connectivity index (χ1v) is 7.35. The van der Waals surface area contributed by atoms with Gasteiger partial charge in [-0.3, -0.25) is 0 Å². The van der Waals surface area contributed by atoms with E-state index in [9.17, 15) is 0 Å². The summed E-state index contributed by atoms with van der Waals surface area (Å²) in [4.78, 5) is 2.20. The van der Waals surface area contributed by atoms with Crippen LogP contribution >= 0.6 is 11.8 Å². The van der Waals surface area contributed by atoms with Crippen molar-refractivity contribution in [1.82, 2.24) is 4.90 Å². The summed E-state index contributed by atoms with van der Waals surface area (Å²) in [6, 6.07) is 6.28. The SMILES string of the molecule is COc1ccc(C(C)N)cc1CSCCN(C)C. The van der Waals surface area contributed by atoms with Crippen molar-refractivity contribution >= 4 is 11.8 Å². The molecule has 0 amide bonds. The minimum absolute atomic E-state index is 0.0708. The molecule has 0 saturated carbocycles. The molecule has 1 rings (SSSR count). The van der Waals surface area contributed by atoms with Crippen molar-refractivity contribution in [2.75, 3.05) is 33.5 Å². The van der Waals surface area contributed by atoms with E-state index >= 15 is 0 Å². The molecule has 0 aliphatic heterocycles. The molecule has 18 heavy (non-hydrogen) atoms. The summed E-state index contributed by atoms with van der Waals surface area (Å²) in [6.07, 6.45) is 0. The highest BCUT2D eigenvalue weighted by molar-refractivity contribution is 7.98. The molecule has 0 aromatic heterocycles. The summed E-state index contributed by atoms with van der Waals surface area (Å²) in [5.41, 5.74) is 8.31. The van der Waals surface area contributed by atoms with E-state index in [0.29, 0.717) is 0 Å². The van der Waals surface area contributed by atoms with Gasteiger partial charge < -0.3 is 15.4 Å². The van der Waals surface area contributed by atoms with Crippen LogP contribution in [-0.4, -0.2) is 38.4 Å². The third-order valence-electron chi connectivity index (χ3n) is 2.77. The van der Waals surface area contributed by atoms with E-state index in [4.69, 9.17) is 10.5 Å². The Morgan fingerprint density at radius 1 is 1.39 bits per heavy atom. The number of nitrogens with two attached hydrogens (primary N) is 1. The van der Waals surface area contributed by atoms with Gasteiger partial charge in [0.15, 0.2) is 0 Å². The molecule has 1 unspecified atom stereocenters. The molecule has 4 heteroatoms. The van der Waals surface area contributed by atoms with Gasteiger partial charge in [0, 0.05) is 29.7 Å². The molecular weight excluding hydrogens is 244 g/mol. The summed E-state index contributed by atoms with van der Waals surface area (Å²) >= 11 is 1.92. The lowest BCUT2D eigenvalue weighted by molar-refractivity contribution is 0.411. The fourth-order valence-electron chi connectivity index (χ4n) is 1.62. The summed E-state index contributed by atoms with van der Waals surface area (Å²) in [7, 11) is 5.91. The number of hydrogen-bond acceptors (Lipinski definition) is 4. The molecule has 0 saturated heterocycles. The Morgan fingerprint density at radius 2 is 2.11 bits per heavy atom. The first-order valence-electron chi connectivity index (χ1n) is 6.19. The van der Waals surface area contributed by atoms with Crippen LogP contribution in [-0.2, 0) is 5.75 Å². The average Bonchev–Trinajstić information content (AvgIpc) is 2.34. The molecule has 1 aromatic rings. The second-order valence-electron chi connectivity index (χ2n) is 4.72. The zero-order valence-electron chi connectivity index (χ0n) is 11.8. The summed E-state index contributed by atoms with van der Waals surface area (Å²) in [5, 5.41) is 0. The molecule has 0 spiro atoms. The van der Waals surface area contributed by atoms with Gasteiger partial charge in [-0.25, -0.2) is 0 Å². The Hall–Kier alpha value is -0.710. The molecule has 0 aliphatic rings. The van der Waals surface area contributed by atoms with Crippen LogP contribution in [0.5, 0.6) is 5.75 Å². The average molecular weight is 268 g/mol. The lowest BCUT2D eigenvalue weighted by Gasteiger charge is -2.13. The van der Waals surface area contributed by atoms with Gasteiger partial charge >= 0.3 is 0 Å². The van der Waals surface area contributed by atoms with Crippen LogP contribution in [0, 0.1) is 0 Å². The van der Waals surface area contributed by atoms with E-state index in [0.717, 1.165) is 23.8 Å². The highest BCUT2D eigenvalue weighted by atomic mass is 32.2. The van der Waals surface area contributed by atoms with Gasteiger partial charge in [-0.15, -0.1) is 0 Å². The molecule has 0 fully saturated rings. The third kappa shape index (κ3) is 4.88. The van der Waals surface area contributed by atoms with E-state index in [1.807, 2.05) is 30.8 Å². The standard InChI is InChI=1S/C14H24N2OS/c1-11(15)12-5-6-14(17-4)13(9-12)10-18-8-7-16(2)3/h5-6,9,11H,7-8,10,15H2,1-4H3. The Bertz CT molecular complexity index is 367. The first kappa shape index (κ1) is 15.3. The predicted octanol–water partition coefficient (Wildman–Crippen LogP) is 2.51. The smallest absolute Gasteiger partial charge is 0.122 e. The molecule has 1 aromatic carbocycles.